The summed E-state index contributed by atoms with van der Waals surface area (Å²) >= 11 is 1.66. The second-order valence-electron chi connectivity index (χ2n) is 5.05. The highest BCUT2D eigenvalue weighted by molar-refractivity contribution is 7.99. The summed E-state index contributed by atoms with van der Waals surface area (Å²) in [6.07, 6.45) is 0.958. The minimum absolute atomic E-state index is 0.176. The number of nitrogens with two attached hydrogens (primary N) is 1. The lowest BCUT2D eigenvalue weighted by molar-refractivity contribution is -0.127. The average Bonchev–Trinajstić information content (AvgIpc) is 2.36. The third kappa shape index (κ3) is 6.64. The van der Waals surface area contributed by atoms with Crippen LogP contribution in [0.3, 0.4) is 0 Å². The van der Waals surface area contributed by atoms with Crippen LogP contribution in [-0.4, -0.2) is 35.4 Å². The summed E-state index contributed by atoms with van der Waals surface area (Å²) in [6.45, 7) is 4.73. The summed E-state index contributed by atoms with van der Waals surface area (Å²) in [6, 6.07) is 8.51. The van der Waals surface area contributed by atoms with Gasteiger partial charge in [-0.25, -0.2) is 0 Å². The molecule has 0 aliphatic carbocycles. The van der Waals surface area contributed by atoms with Gasteiger partial charge in [0.25, 0.3) is 0 Å². The smallest absolute Gasteiger partial charge is 0.232 e. The molecule has 1 aromatic carbocycles. The number of rotatable bonds is 7. The van der Waals surface area contributed by atoms with Gasteiger partial charge in [0.2, 0.25) is 5.91 Å². The van der Waals surface area contributed by atoms with Crippen LogP contribution in [0.25, 0.3) is 0 Å². The van der Waals surface area contributed by atoms with Gasteiger partial charge in [0.1, 0.15) is 0 Å². The Morgan fingerprint density at radius 1 is 1.37 bits per heavy atom. The van der Waals surface area contributed by atoms with E-state index in [1.807, 2.05) is 14.0 Å². The molecule has 1 amide bonds. The van der Waals surface area contributed by atoms with Crippen LogP contribution in [0.15, 0.2) is 24.3 Å². The maximum absolute atomic E-state index is 11.9. The first-order chi connectivity index (χ1) is 8.99. The van der Waals surface area contributed by atoms with Crippen LogP contribution in [0.5, 0.6) is 0 Å². The molecule has 4 heteroatoms. The largest absolute Gasteiger partial charge is 0.341 e. The molecule has 0 saturated heterocycles. The fourth-order valence-electron chi connectivity index (χ4n) is 1.59. The van der Waals surface area contributed by atoms with Crippen LogP contribution in [-0.2, 0) is 11.3 Å². The van der Waals surface area contributed by atoms with Crippen molar-refractivity contribution >= 4 is 17.7 Å². The molecule has 3 nitrogen and oxygen atoms in total. The SMILES string of the molecule is Cc1ccc(CN(C)C(=O)CSCCC(C)N)cc1. The molecule has 0 fully saturated rings. The van der Waals surface area contributed by atoms with Gasteiger partial charge in [-0.05, 0) is 31.6 Å². The van der Waals surface area contributed by atoms with E-state index in [4.69, 9.17) is 5.73 Å². The highest BCUT2D eigenvalue weighted by Crippen LogP contribution is 2.09. The second kappa shape index (κ2) is 8.23. The van der Waals surface area contributed by atoms with E-state index in [2.05, 4.69) is 31.2 Å². The Morgan fingerprint density at radius 3 is 2.58 bits per heavy atom. The zero-order valence-electron chi connectivity index (χ0n) is 12.1. The standard InChI is InChI=1S/C15H24N2OS/c1-12-4-6-14(7-5-12)10-17(3)15(18)11-19-9-8-13(2)16/h4-7,13H,8-11,16H2,1-3H3. The highest BCUT2D eigenvalue weighted by Gasteiger charge is 2.09. The van der Waals surface area contributed by atoms with Crippen molar-refractivity contribution < 1.29 is 4.79 Å². The third-order valence-corrected chi connectivity index (χ3v) is 3.88. The number of nitrogens with zero attached hydrogens (tertiary/aromatic N) is 1. The minimum Gasteiger partial charge on any atom is -0.341 e. The third-order valence-electron chi connectivity index (χ3n) is 2.91. The molecule has 106 valence electrons. The molecule has 0 aliphatic heterocycles. The van der Waals surface area contributed by atoms with Gasteiger partial charge in [-0.3, -0.25) is 4.79 Å². The monoisotopic (exact) mass is 280 g/mol. The second-order valence-corrected chi connectivity index (χ2v) is 6.16. The van der Waals surface area contributed by atoms with E-state index in [1.54, 1.807) is 16.7 Å². The van der Waals surface area contributed by atoms with Crippen LogP contribution in [0.1, 0.15) is 24.5 Å². The van der Waals surface area contributed by atoms with E-state index in [1.165, 1.54) is 11.1 Å². The normalized spacial score (nSPS) is 12.2. The zero-order valence-corrected chi connectivity index (χ0v) is 12.9. The molecule has 0 spiro atoms. The minimum atomic E-state index is 0.176. The van der Waals surface area contributed by atoms with Crippen LogP contribution in [0.4, 0.5) is 0 Å². The Hall–Kier alpha value is -1.00. The van der Waals surface area contributed by atoms with E-state index in [9.17, 15) is 4.79 Å². The van der Waals surface area contributed by atoms with Crippen LogP contribution in [0, 0.1) is 6.92 Å². The van der Waals surface area contributed by atoms with Gasteiger partial charge in [-0.15, -0.1) is 0 Å². The van der Waals surface area contributed by atoms with Crippen LogP contribution < -0.4 is 5.73 Å². The molecule has 1 rings (SSSR count). The predicted octanol–water partition coefficient (Wildman–Crippen LogP) is 2.42. The molecular formula is C15H24N2OS. The number of aryl methyl sites for hydroxylation is 1. The topological polar surface area (TPSA) is 46.3 Å². The van der Waals surface area contributed by atoms with E-state index in [0.717, 1.165) is 12.2 Å². The molecule has 1 unspecified atom stereocenters. The number of benzene rings is 1. The number of hydrogen-bond acceptors (Lipinski definition) is 3. The van der Waals surface area contributed by atoms with Gasteiger partial charge in [-0.2, -0.15) is 11.8 Å². The predicted molar refractivity (Wildman–Crippen MR) is 83.2 cm³/mol. The summed E-state index contributed by atoms with van der Waals surface area (Å²) in [5.41, 5.74) is 8.08. The maximum Gasteiger partial charge on any atom is 0.232 e. The summed E-state index contributed by atoms with van der Waals surface area (Å²) in [5.74, 6) is 1.66. The molecule has 0 aromatic heterocycles. The molecule has 1 atom stereocenters. The number of hydrogen-bond donors (Lipinski definition) is 1. The summed E-state index contributed by atoms with van der Waals surface area (Å²) in [5, 5.41) is 0. The summed E-state index contributed by atoms with van der Waals surface area (Å²) < 4.78 is 0. The Labute approximate surface area is 120 Å². The van der Waals surface area contributed by atoms with E-state index in [0.29, 0.717) is 12.3 Å². The van der Waals surface area contributed by atoms with E-state index < -0.39 is 0 Å². The Kier molecular flexibility index (Phi) is 6.95. The molecule has 2 N–H and O–H groups in total. The number of carbonyl (C=O) groups is 1. The number of thioether (sulfide) groups is 1. The zero-order chi connectivity index (χ0) is 14.3. The van der Waals surface area contributed by atoms with E-state index in [-0.39, 0.29) is 11.9 Å². The Balaban J connectivity index is 2.30. The van der Waals surface area contributed by atoms with Gasteiger partial charge in [0.15, 0.2) is 0 Å². The average molecular weight is 280 g/mol. The molecule has 0 radical (unpaired) electrons. The molecule has 0 heterocycles. The van der Waals surface area contributed by atoms with Crippen molar-refractivity contribution in [1.82, 2.24) is 4.90 Å². The van der Waals surface area contributed by atoms with Gasteiger partial charge in [0, 0.05) is 19.6 Å². The Bertz CT molecular complexity index is 390. The lowest BCUT2D eigenvalue weighted by Crippen LogP contribution is -2.28. The van der Waals surface area contributed by atoms with Crippen molar-refractivity contribution in [2.24, 2.45) is 5.73 Å². The molecule has 19 heavy (non-hydrogen) atoms. The van der Waals surface area contributed by atoms with Crippen molar-refractivity contribution in [2.45, 2.75) is 32.9 Å². The van der Waals surface area contributed by atoms with Crippen molar-refractivity contribution in [3.05, 3.63) is 35.4 Å². The molecular weight excluding hydrogens is 256 g/mol. The fourth-order valence-corrected chi connectivity index (χ4v) is 2.67. The lowest BCUT2D eigenvalue weighted by atomic mass is 10.1. The molecule has 0 saturated carbocycles. The van der Waals surface area contributed by atoms with Gasteiger partial charge >= 0.3 is 0 Å². The fraction of sp³-hybridized carbons (Fsp3) is 0.533. The molecule has 0 bridgehead atoms. The number of carbonyl (C=O) groups excluding carboxylic acids is 1. The summed E-state index contributed by atoms with van der Waals surface area (Å²) in [4.78, 5) is 13.7. The first-order valence-electron chi connectivity index (χ1n) is 6.62. The number of amides is 1. The van der Waals surface area contributed by atoms with Crippen molar-refractivity contribution in [2.75, 3.05) is 18.6 Å². The van der Waals surface area contributed by atoms with Crippen molar-refractivity contribution in [1.29, 1.82) is 0 Å². The molecule has 0 aliphatic rings. The van der Waals surface area contributed by atoms with Gasteiger partial charge in [-0.1, -0.05) is 29.8 Å². The van der Waals surface area contributed by atoms with Gasteiger partial charge < -0.3 is 10.6 Å². The lowest BCUT2D eigenvalue weighted by Gasteiger charge is -2.17. The van der Waals surface area contributed by atoms with Crippen molar-refractivity contribution in [3.8, 4) is 0 Å². The first-order valence-corrected chi connectivity index (χ1v) is 7.77. The quantitative estimate of drug-likeness (QED) is 0.780. The summed E-state index contributed by atoms with van der Waals surface area (Å²) in [7, 11) is 1.86. The highest BCUT2D eigenvalue weighted by atomic mass is 32.2. The maximum atomic E-state index is 11.9. The van der Waals surface area contributed by atoms with E-state index >= 15 is 0 Å². The van der Waals surface area contributed by atoms with Gasteiger partial charge in [0.05, 0.1) is 5.75 Å². The van der Waals surface area contributed by atoms with Crippen molar-refractivity contribution in [3.63, 3.8) is 0 Å². The van der Waals surface area contributed by atoms with Crippen LogP contribution in [0.2, 0.25) is 0 Å². The van der Waals surface area contributed by atoms with Crippen LogP contribution >= 0.6 is 11.8 Å². The molecule has 1 aromatic rings. The Morgan fingerprint density at radius 2 is 2.00 bits per heavy atom. The first kappa shape index (κ1) is 16.1.